The molecule has 2 aromatic heterocycles. The van der Waals surface area contributed by atoms with Crippen molar-refractivity contribution in [1.29, 1.82) is 0 Å². The Morgan fingerprint density at radius 2 is 2.22 bits per heavy atom. The van der Waals surface area contributed by atoms with E-state index in [0.717, 1.165) is 35.9 Å². The van der Waals surface area contributed by atoms with Crippen LogP contribution in [0.5, 0.6) is 0 Å². The Labute approximate surface area is 159 Å². The van der Waals surface area contributed by atoms with Crippen LogP contribution >= 0.6 is 0 Å². The monoisotopic (exact) mass is 363 g/mol. The van der Waals surface area contributed by atoms with Crippen molar-refractivity contribution >= 4 is 16.8 Å². The van der Waals surface area contributed by atoms with Gasteiger partial charge < -0.3 is 14.6 Å². The number of fused-ring (bicyclic) bond motifs is 1. The average Bonchev–Trinajstić information content (AvgIpc) is 3.31. The second-order valence-electron chi connectivity index (χ2n) is 7.41. The van der Waals surface area contributed by atoms with Crippen LogP contribution in [0.2, 0.25) is 0 Å². The van der Waals surface area contributed by atoms with Gasteiger partial charge in [-0.2, -0.15) is 0 Å². The highest BCUT2D eigenvalue weighted by Gasteiger charge is 2.25. The molecule has 0 bridgehead atoms. The summed E-state index contributed by atoms with van der Waals surface area (Å²) in [6.45, 7) is 6.06. The number of H-pyrrole nitrogens is 1. The summed E-state index contributed by atoms with van der Waals surface area (Å²) in [5, 5.41) is 1.10. The fourth-order valence-corrected chi connectivity index (χ4v) is 3.85. The van der Waals surface area contributed by atoms with Crippen LogP contribution in [0.25, 0.3) is 10.9 Å². The van der Waals surface area contributed by atoms with Crippen LogP contribution in [0.15, 0.2) is 42.7 Å². The molecule has 1 atom stereocenters. The van der Waals surface area contributed by atoms with Gasteiger partial charge in [0.25, 0.3) is 5.91 Å². The molecule has 4 rings (SSSR count). The zero-order valence-electron chi connectivity index (χ0n) is 15.9. The number of aryl methyl sites for hydroxylation is 2. The van der Waals surface area contributed by atoms with Gasteiger partial charge in [0.15, 0.2) is 0 Å². The molecule has 0 saturated carbocycles. The van der Waals surface area contributed by atoms with Gasteiger partial charge in [0.05, 0.1) is 6.10 Å². The number of nitrogens with zero attached hydrogens (tertiary/aromatic N) is 2. The van der Waals surface area contributed by atoms with Crippen molar-refractivity contribution < 1.29 is 9.53 Å². The lowest BCUT2D eigenvalue weighted by Gasteiger charge is -2.25. The fraction of sp³-hybridized carbons (Fsp3) is 0.364. The smallest absolute Gasteiger partial charge is 0.270 e. The largest absolute Gasteiger partial charge is 0.376 e. The highest BCUT2D eigenvalue weighted by atomic mass is 16.5. The third-order valence-electron chi connectivity index (χ3n) is 5.15. The molecule has 3 heterocycles. The molecule has 0 aliphatic carbocycles. The van der Waals surface area contributed by atoms with Gasteiger partial charge in [-0.15, -0.1) is 0 Å². The van der Waals surface area contributed by atoms with E-state index in [1.807, 2.05) is 29.3 Å². The second kappa shape index (κ2) is 7.53. The molecule has 5 nitrogen and oxygen atoms in total. The van der Waals surface area contributed by atoms with Crippen LogP contribution in [0.1, 0.15) is 40.0 Å². The molecule has 3 aromatic rings. The van der Waals surface area contributed by atoms with Crippen LogP contribution in [-0.2, 0) is 11.3 Å². The molecule has 1 aromatic carbocycles. The molecule has 1 unspecified atom stereocenters. The third-order valence-corrected chi connectivity index (χ3v) is 5.15. The van der Waals surface area contributed by atoms with Crippen molar-refractivity contribution in [2.75, 3.05) is 13.2 Å². The average molecular weight is 363 g/mol. The number of hydrogen-bond donors (Lipinski definition) is 1. The van der Waals surface area contributed by atoms with Gasteiger partial charge in [0.2, 0.25) is 0 Å². The zero-order valence-corrected chi connectivity index (χ0v) is 15.9. The molecule has 5 heteroatoms. The molecule has 1 amide bonds. The summed E-state index contributed by atoms with van der Waals surface area (Å²) in [6, 6.07) is 10.1. The third kappa shape index (κ3) is 3.88. The SMILES string of the molecule is Cc1cc(C)c2cc(C(=O)N(Cc3cccnc3)CC3CCCO3)[nH]c2c1. The summed E-state index contributed by atoms with van der Waals surface area (Å²) in [4.78, 5) is 22.7. The van der Waals surface area contributed by atoms with Crippen molar-refractivity contribution in [3.05, 3.63) is 65.1 Å². The maximum atomic E-state index is 13.3. The van der Waals surface area contributed by atoms with E-state index < -0.39 is 0 Å². The number of carbonyl (C=O) groups is 1. The first-order valence-corrected chi connectivity index (χ1v) is 9.50. The van der Waals surface area contributed by atoms with Gasteiger partial charge in [0.1, 0.15) is 5.69 Å². The Morgan fingerprint density at radius 3 is 2.96 bits per heavy atom. The molecule has 1 fully saturated rings. The Balaban J connectivity index is 1.63. The predicted octanol–water partition coefficient (Wildman–Crippen LogP) is 4.00. The van der Waals surface area contributed by atoms with Gasteiger partial charge in [-0.3, -0.25) is 9.78 Å². The fourth-order valence-electron chi connectivity index (χ4n) is 3.85. The molecule has 27 heavy (non-hydrogen) atoms. The number of pyridine rings is 1. The van der Waals surface area contributed by atoms with Crippen LogP contribution < -0.4 is 0 Å². The van der Waals surface area contributed by atoms with E-state index >= 15 is 0 Å². The van der Waals surface area contributed by atoms with E-state index in [1.54, 1.807) is 6.20 Å². The summed E-state index contributed by atoms with van der Waals surface area (Å²) in [5.41, 5.74) is 5.02. The predicted molar refractivity (Wildman–Crippen MR) is 106 cm³/mol. The lowest BCUT2D eigenvalue weighted by atomic mass is 10.1. The summed E-state index contributed by atoms with van der Waals surface area (Å²) >= 11 is 0. The number of hydrogen-bond acceptors (Lipinski definition) is 3. The van der Waals surface area contributed by atoms with Crippen LogP contribution in [-0.4, -0.2) is 40.0 Å². The van der Waals surface area contributed by atoms with Crippen molar-refractivity contribution in [3.63, 3.8) is 0 Å². The number of aromatic amines is 1. The maximum Gasteiger partial charge on any atom is 0.270 e. The van der Waals surface area contributed by atoms with E-state index in [2.05, 4.69) is 35.9 Å². The summed E-state index contributed by atoms with van der Waals surface area (Å²) in [6.07, 6.45) is 5.73. The molecule has 140 valence electrons. The molecular weight excluding hydrogens is 338 g/mol. The van der Waals surface area contributed by atoms with Crippen LogP contribution in [0.3, 0.4) is 0 Å². The lowest BCUT2D eigenvalue weighted by molar-refractivity contribution is 0.0503. The van der Waals surface area contributed by atoms with E-state index in [0.29, 0.717) is 18.8 Å². The first-order chi connectivity index (χ1) is 13.1. The van der Waals surface area contributed by atoms with E-state index in [4.69, 9.17) is 4.74 Å². The zero-order chi connectivity index (χ0) is 18.8. The number of aromatic nitrogens is 2. The minimum absolute atomic E-state index is 0.00241. The first-order valence-electron chi connectivity index (χ1n) is 9.50. The molecule has 0 radical (unpaired) electrons. The number of nitrogens with one attached hydrogen (secondary N) is 1. The van der Waals surface area contributed by atoms with Crippen molar-refractivity contribution in [1.82, 2.24) is 14.9 Å². The highest BCUT2D eigenvalue weighted by molar-refractivity contribution is 5.99. The second-order valence-corrected chi connectivity index (χ2v) is 7.41. The molecule has 1 aliphatic heterocycles. The van der Waals surface area contributed by atoms with Crippen molar-refractivity contribution in [2.45, 2.75) is 39.3 Å². The van der Waals surface area contributed by atoms with Crippen LogP contribution in [0.4, 0.5) is 0 Å². The molecule has 1 N–H and O–H groups in total. The number of ether oxygens (including phenoxy) is 1. The molecular formula is C22H25N3O2. The van der Waals surface area contributed by atoms with Gasteiger partial charge in [-0.1, -0.05) is 12.1 Å². The lowest BCUT2D eigenvalue weighted by Crippen LogP contribution is -2.37. The Morgan fingerprint density at radius 1 is 1.33 bits per heavy atom. The topological polar surface area (TPSA) is 58.2 Å². The Kier molecular flexibility index (Phi) is 4.94. The Hall–Kier alpha value is -2.66. The number of carbonyl (C=O) groups excluding carboxylic acids is 1. The van der Waals surface area contributed by atoms with Crippen molar-refractivity contribution in [3.8, 4) is 0 Å². The summed E-state index contributed by atoms with van der Waals surface area (Å²) in [7, 11) is 0. The number of benzene rings is 1. The van der Waals surface area contributed by atoms with Crippen molar-refractivity contribution in [2.24, 2.45) is 0 Å². The maximum absolute atomic E-state index is 13.3. The quantitative estimate of drug-likeness (QED) is 0.745. The first kappa shape index (κ1) is 17.7. The van der Waals surface area contributed by atoms with Gasteiger partial charge in [-0.05, 0) is 61.6 Å². The minimum Gasteiger partial charge on any atom is -0.376 e. The van der Waals surface area contributed by atoms with Crippen LogP contribution in [0, 0.1) is 13.8 Å². The number of rotatable bonds is 5. The minimum atomic E-state index is 0.00241. The Bertz CT molecular complexity index is 943. The molecule has 1 aliphatic rings. The standard InChI is InChI=1S/C22H25N3O2/c1-15-9-16(2)19-11-21(24-20(19)10-15)22(26)25(14-18-6-4-8-27-18)13-17-5-3-7-23-12-17/h3,5,7,9-12,18,24H,4,6,8,13-14H2,1-2H3. The summed E-state index contributed by atoms with van der Waals surface area (Å²) < 4.78 is 5.78. The highest BCUT2D eigenvalue weighted by Crippen LogP contribution is 2.23. The van der Waals surface area contributed by atoms with Gasteiger partial charge in [0, 0.05) is 43.0 Å². The van der Waals surface area contributed by atoms with Gasteiger partial charge in [-0.25, -0.2) is 0 Å². The molecule has 1 saturated heterocycles. The number of amides is 1. The van der Waals surface area contributed by atoms with E-state index in [9.17, 15) is 4.79 Å². The summed E-state index contributed by atoms with van der Waals surface area (Å²) in [5.74, 6) is 0.00241. The normalized spacial score (nSPS) is 16.7. The van der Waals surface area contributed by atoms with E-state index in [-0.39, 0.29) is 12.0 Å². The van der Waals surface area contributed by atoms with E-state index in [1.165, 1.54) is 11.1 Å². The van der Waals surface area contributed by atoms with Gasteiger partial charge >= 0.3 is 0 Å². The molecule has 0 spiro atoms.